The van der Waals surface area contributed by atoms with Crippen molar-refractivity contribution in [2.24, 2.45) is 5.73 Å². The molecule has 1 aromatic heterocycles. The Kier molecular flexibility index (Phi) is 3.65. The molecule has 0 fully saturated rings. The highest BCUT2D eigenvalue weighted by molar-refractivity contribution is 5.19. The zero-order chi connectivity index (χ0) is 11.5. The van der Waals surface area contributed by atoms with E-state index in [1.165, 1.54) is 6.07 Å². The van der Waals surface area contributed by atoms with Gasteiger partial charge in [0.15, 0.2) is 0 Å². The number of nitrogens with zero attached hydrogens (tertiary/aromatic N) is 1. The standard InChI is InChI=1S/C9H11F3N2O/c10-9(11,12)7-1-2-8(14-4-7)6(3-13)5-15/h1-2,4,6,15H,3,5,13H2. The lowest BCUT2D eigenvalue weighted by Crippen LogP contribution is -2.17. The smallest absolute Gasteiger partial charge is 0.396 e. The Hall–Kier alpha value is -1.14. The van der Waals surface area contributed by atoms with Gasteiger partial charge in [-0.2, -0.15) is 13.2 Å². The van der Waals surface area contributed by atoms with E-state index in [4.69, 9.17) is 10.8 Å². The summed E-state index contributed by atoms with van der Waals surface area (Å²) in [6, 6.07) is 2.16. The van der Waals surface area contributed by atoms with Crippen LogP contribution in [-0.2, 0) is 6.18 Å². The van der Waals surface area contributed by atoms with Crippen molar-refractivity contribution in [1.29, 1.82) is 0 Å². The van der Waals surface area contributed by atoms with Crippen LogP contribution in [0.15, 0.2) is 18.3 Å². The number of hydrogen-bond donors (Lipinski definition) is 2. The van der Waals surface area contributed by atoms with E-state index < -0.39 is 17.7 Å². The topological polar surface area (TPSA) is 59.1 Å². The van der Waals surface area contributed by atoms with E-state index in [9.17, 15) is 13.2 Å². The highest BCUT2D eigenvalue weighted by Crippen LogP contribution is 2.28. The fraction of sp³-hybridized carbons (Fsp3) is 0.444. The molecule has 84 valence electrons. The van der Waals surface area contributed by atoms with E-state index in [2.05, 4.69) is 4.98 Å². The molecule has 0 aliphatic rings. The van der Waals surface area contributed by atoms with Crippen LogP contribution in [-0.4, -0.2) is 23.2 Å². The molecule has 1 unspecified atom stereocenters. The van der Waals surface area contributed by atoms with Crippen molar-refractivity contribution in [3.05, 3.63) is 29.6 Å². The van der Waals surface area contributed by atoms with Gasteiger partial charge in [-0.25, -0.2) is 0 Å². The third-order valence-corrected chi connectivity index (χ3v) is 2.04. The summed E-state index contributed by atoms with van der Waals surface area (Å²) in [7, 11) is 0. The zero-order valence-corrected chi connectivity index (χ0v) is 7.83. The van der Waals surface area contributed by atoms with Crippen LogP contribution in [0, 0.1) is 0 Å². The van der Waals surface area contributed by atoms with Gasteiger partial charge in [0.1, 0.15) is 0 Å². The number of halogens is 3. The number of hydrogen-bond acceptors (Lipinski definition) is 3. The first kappa shape index (κ1) is 11.9. The number of pyridine rings is 1. The number of aromatic nitrogens is 1. The number of alkyl halides is 3. The predicted molar refractivity (Wildman–Crippen MR) is 48.1 cm³/mol. The van der Waals surface area contributed by atoms with E-state index in [0.717, 1.165) is 12.3 Å². The van der Waals surface area contributed by atoms with Crippen molar-refractivity contribution in [1.82, 2.24) is 4.98 Å². The molecule has 0 aliphatic carbocycles. The maximum atomic E-state index is 12.2. The molecule has 0 radical (unpaired) electrons. The molecule has 0 amide bonds. The van der Waals surface area contributed by atoms with E-state index in [0.29, 0.717) is 5.69 Å². The highest BCUT2D eigenvalue weighted by Gasteiger charge is 2.30. The predicted octanol–water partition coefficient (Wildman–Crippen LogP) is 1.14. The van der Waals surface area contributed by atoms with Gasteiger partial charge in [0.2, 0.25) is 0 Å². The van der Waals surface area contributed by atoms with E-state index in [1.54, 1.807) is 0 Å². The largest absolute Gasteiger partial charge is 0.417 e. The first-order chi connectivity index (χ1) is 6.99. The average molecular weight is 220 g/mol. The second kappa shape index (κ2) is 4.59. The summed E-state index contributed by atoms with van der Waals surface area (Å²) in [6.07, 6.45) is -3.64. The minimum Gasteiger partial charge on any atom is -0.396 e. The summed E-state index contributed by atoms with van der Waals surface area (Å²) in [5.74, 6) is -0.410. The minimum atomic E-state index is -4.39. The zero-order valence-electron chi connectivity index (χ0n) is 7.83. The lowest BCUT2D eigenvalue weighted by molar-refractivity contribution is -0.137. The fourth-order valence-corrected chi connectivity index (χ4v) is 1.10. The molecule has 0 saturated carbocycles. The Morgan fingerprint density at radius 2 is 2.07 bits per heavy atom. The number of nitrogens with two attached hydrogens (primary N) is 1. The number of aliphatic hydroxyl groups is 1. The van der Waals surface area contributed by atoms with Crippen molar-refractivity contribution in [2.45, 2.75) is 12.1 Å². The SMILES string of the molecule is NCC(CO)c1ccc(C(F)(F)F)cn1. The van der Waals surface area contributed by atoms with Crippen LogP contribution < -0.4 is 5.73 Å². The molecule has 3 nitrogen and oxygen atoms in total. The van der Waals surface area contributed by atoms with Crippen LogP contribution in [0.4, 0.5) is 13.2 Å². The quantitative estimate of drug-likeness (QED) is 0.802. The summed E-state index contributed by atoms with van der Waals surface area (Å²) in [4.78, 5) is 3.63. The van der Waals surface area contributed by atoms with Gasteiger partial charge in [-0.05, 0) is 12.1 Å². The van der Waals surface area contributed by atoms with Gasteiger partial charge in [-0.1, -0.05) is 0 Å². The lowest BCUT2D eigenvalue weighted by atomic mass is 10.1. The number of rotatable bonds is 3. The van der Waals surface area contributed by atoms with Gasteiger partial charge in [0.05, 0.1) is 12.2 Å². The second-order valence-electron chi connectivity index (χ2n) is 3.08. The molecule has 0 bridgehead atoms. The molecular weight excluding hydrogens is 209 g/mol. The van der Waals surface area contributed by atoms with Crippen molar-refractivity contribution in [2.75, 3.05) is 13.2 Å². The molecule has 15 heavy (non-hydrogen) atoms. The Balaban J connectivity index is 2.89. The highest BCUT2D eigenvalue weighted by atomic mass is 19.4. The molecule has 1 aromatic rings. The van der Waals surface area contributed by atoms with Crippen LogP contribution in [0.2, 0.25) is 0 Å². The van der Waals surface area contributed by atoms with Gasteiger partial charge < -0.3 is 10.8 Å². The fourth-order valence-electron chi connectivity index (χ4n) is 1.10. The molecule has 3 N–H and O–H groups in total. The molecule has 0 aromatic carbocycles. The van der Waals surface area contributed by atoms with E-state index in [-0.39, 0.29) is 13.2 Å². The Morgan fingerprint density at radius 3 is 2.40 bits per heavy atom. The van der Waals surface area contributed by atoms with Crippen LogP contribution in [0.5, 0.6) is 0 Å². The lowest BCUT2D eigenvalue weighted by Gasteiger charge is -2.12. The second-order valence-corrected chi connectivity index (χ2v) is 3.08. The van der Waals surface area contributed by atoms with Crippen LogP contribution in [0.1, 0.15) is 17.2 Å². The van der Waals surface area contributed by atoms with Crippen LogP contribution >= 0.6 is 0 Å². The maximum absolute atomic E-state index is 12.2. The summed E-state index contributed by atoms with van der Waals surface area (Å²) < 4.78 is 36.5. The van der Waals surface area contributed by atoms with Gasteiger partial charge in [0, 0.05) is 24.4 Å². The molecular formula is C9H11F3N2O. The van der Waals surface area contributed by atoms with Crippen molar-refractivity contribution in [3.8, 4) is 0 Å². The van der Waals surface area contributed by atoms with Crippen LogP contribution in [0.25, 0.3) is 0 Å². The van der Waals surface area contributed by atoms with E-state index >= 15 is 0 Å². The Morgan fingerprint density at radius 1 is 1.40 bits per heavy atom. The third kappa shape index (κ3) is 2.90. The monoisotopic (exact) mass is 220 g/mol. The summed E-state index contributed by atoms with van der Waals surface area (Å²) in [6.45, 7) is -0.0796. The summed E-state index contributed by atoms with van der Waals surface area (Å²) in [5.41, 5.74) is 4.88. The molecule has 0 spiro atoms. The summed E-state index contributed by atoms with van der Waals surface area (Å²) in [5, 5.41) is 8.87. The molecule has 6 heteroatoms. The minimum absolute atomic E-state index is 0.148. The first-order valence-corrected chi connectivity index (χ1v) is 4.33. The average Bonchev–Trinajstić information content (AvgIpc) is 2.19. The van der Waals surface area contributed by atoms with Gasteiger partial charge in [0.25, 0.3) is 0 Å². The van der Waals surface area contributed by atoms with Crippen molar-refractivity contribution in [3.63, 3.8) is 0 Å². The Bertz CT molecular complexity index is 306. The normalized spacial score (nSPS) is 13.9. The van der Waals surface area contributed by atoms with Crippen LogP contribution in [0.3, 0.4) is 0 Å². The molecule has 1 atom stereocenters. The van der Waals surface area contributed by atoms with Gasteiger partial charge >= 0.3 is 6.18 Å². The van der Waals surface area contributed by atoms with Gasteiger partial charge in [-0.3, -0.25) is 4.98 Å². The van der Waals surface area contributed by atoms with Gasteiger partial charge in [-0.15, -0.1) is 0 Å². The third-order valence-electron chi connectivity index (χ3n) is 2.04. The Labute approximate surface area is 84.7 Å². The first-order valence-electron chi connectivity index (χ1n) is 4.33. The molecule has 1 heterocycles. The molecule has 0 aliphatic heterocycles. The van der Waals surface area contributed by atoms with E-state index in [1.807, 2.05) is 0 Å². The summed E-state index contributed by atoms with van der Waals surface area (Å²) >= 11 is 0. The maximum Gasteiger partial charge on any atom is 0.417 e. The molecule has 0 saturated heterocycles. The van der Waals surface area contributed by atoms with Crippen molar-refractivity contribution < 1.29 is 18.3 Å². The molecule has 1 rings (SSSR count). The van der Waals surface area contributed by atoms with Crippen molar-refractivity contribution >= 4 is 0 Å². The number of aliphatic hydroxyl groups excluding tert-OH is 1.